The summed E-state index contributed by atoms with van der Waals surface area (Å²) in [4.78, 5) is 3.50. The Kier molecular flexibility index (Phi) is 6.15. The van der Waals surface area contributed by atoms with Crippen LogP contribution in [0.25, 0.3) is 0 Å². The molecule has 0 bridgehead atoms. The molecular formula is C30H49N3O2. The molecule has 5 aliphatic rings. The maximum absolute atomic E-state index is 11.9. The van der Waals surface area contributed by atoms with Crippen LogP contribution in [0, 0.1) is 52.3 Å². The van der Waals surface area contributed by atoms with E-state index >= 15 is 0 Å². The molecule has 5 unspecified atom stereocenters. The second-order valence-electron chi connectivity index (χ2n) is 14.1. The summed E-state index contributed by atoms with van der Waals surface area (Å²) in [5, 5.41) is 31.3. The third-order valence-electron chi connectivity index (χ3n) is 12.5. The lowest BCUT2D eigenvalue weighted by atomic mass is 9.41. The fraction of sp³-hybridized carbons (Fsp3) is 0.933. The lowest BCUT2D eigenvalue weighted by Crippen LogP contribution is -2.62. The average Bonchev–Trinajstić information content (AvgIpc) is 3.47. The van der Waals surface area contributed by atoms with E-state index in [1.165, 1.54) is 44.9 Å². The Hall–Kier alpha value is -0.940. The first-order valence-corrected chi connectivity index (χ1v) is 15.0. The molecule has 5 fully saturated rings. The monoisotopic (exact) mass is 483 g/mol. The van der Waals surface area contributed by atoms with Gasteiger partial charge in [0.15, 0.2) is 0 Å². The van der Waals surface area contributed by atoms with Gasteiger partial charge in [0.05, 0.1) is 12.2 Å². The summed E-state index contributed by atoms with van der Waals surface area (Å²) in [7, 11) is 0. The van der Waals surface area contributed by atoms with Crippen LogP contribution in [0.1, 0.15) is 116 Å². The molecule has 35 heavy (non-hydrogen) atoms. The van der Waals surface area contributed by atoms with Crippen molar-refractivity contribution in [2.45, 2.75) is 123 Å². The molecule has 0 radical (unpaired) electrons. The summed E-state index contributed by atoms with van der Waals surface area (Å²) in [5.41, 5.74) is 0.637. The van der Waals surface area contributed by atoms with E-state index in [9.17, 15) is 10.2 Å². The van der Waals surface area contributed by atoms with Crippen molar-refractivity contribution in [2.75, 3.05) is 0 Å². The highest BCUT2D eigenvalue weighted by atomic mass is 16.3. The molecule has 5 aliphatic carbocycles. The molecule has 0 aromatic carbocycles. The molecule has 11 atom stereocenters. The van der Waals surface area contributed by atoms with E-state index in [4.69, 9.17) is 0 Å². The van der Waals surface area contributed by atoms with Gasteiger partial charge < -0.3 is 15.2 Å². The summed E-state index contributed by atoms with van der Waals surface area (Å²) < 4.78 is 0. The van der Waals surface area contributed by atoms with Crippen molar-refractivity contribution in [3.63, 3.8) is 0 Å². The first kappa shape index (κ1) is 24.4. The highest BCUT2D eigenvalue weighted by Crippen LogP contribution is 2.69. The van der Waals surface area contributed by atoms with E-state index < -0.39 is 0 Å². The molecule has 0 aliphatic heterocycles. The number of aromatic amines is 1. The quantitative estimate of drug-likeness (QED) is 0.472. The number of hydrogen-bond acceptors (Lipinski definition) is 4. The molecule has 5 nitrogen and oxygen atoms in total. The van der Waals surface area contributed by atoms with Crippen molar-refractivity contribution in [2.24, 2.45) is 52.3 Å². The number of aromatic nitrogens is 3. The molecule has 1 aromatic rings. The Morgan fingerprint density at radius 3 is 2.43 bits per heavy atom. The van der Waals surface area contributed by atoms with Gasteiger partial charge in [0.2, 0.25) is 0 Å². The van der Waals surface area contributed by atoms with Gasteiger partial charge in [0.25, 0.3) is 0 Å². The summed E-state index contributed by atoms with van der Waals surface area (Å²) in [5.74, 6) is 6.79. The van der Waals surface area contributed by atoms with Crippen molar-refractivity contribution in [3.8, 4) is 0 Å². The van der Waals surface area contributed by atoms with E-state index in [-0.39, 0.29) is 12.2 Å². The number of rotatable bonds is 6. The van der Waals surface area contributed by atoms with Crippen molar-refractivity contribution in [3.05, 3.63) is 11.6 Å². The van der Waals surface area contributed by atoms with Gasteiger partial charge in [0, 0.05) is 12.3 Å². The summed E-state index contributed by atoms with van der Waals surface area (Å²) in [6, 6.07) is 0. The summed E-state index contributed by atoms with van der Waals surface area (Å²) >= 11 is 0. The lowest BCUT2D eigenvalue weighted by molar-refractivity contribution is -0.203. The number of aryl methyl sites for hydroxylation is 1. The van der Waals surface area contributed by atoms with Crippen LogP contribution >= 0.6 is 0 Å². The van der Waals surface area contributed by atoms with E-state index in [2.05, 4.69) is 42.9 Å². The van der Waals surface area contributed by atoms with Gasteiger partial charge in [0.1, 0.15) is 11.6 Å². The van der Waals surface area contributed by atoms with Gasteiger partial charge in [-0.05, 0) is 116 Å². The summed E-state index contributed by atoms with van der Waals surface area (Å²) in [6.45, 7) is 9.89. The highest BCUT2D eigenvalue weighted by Gasteiger charge is 2.64. The first-order chi connectivity index (χ1) is 16.8. The third-order valence-corrected chi connectivity index (χ3v) is 12.5. The molecule has 1 heterocycles. The highest BCUT2D eigenvalue weighted by molar-refractivity contribution is 5.13. The van der Waals surface area contributed by atoms with E-state index in [0.29, 0.717) is 52.3 Å². The standard InChI is InChI=1S/C30H49N3O2/c1-5-20-24-16-19(34)12-14-30(24,4)23-13-15-29(3)21(9-10-22(29)26(23)27(20)35)17(2)6-11-25-31-28(33-32-25)18-7-8-18/h17-24,26-27,34-35H,5-16H2,1-4H3,(H,31,32,33)/t17-,19-,20-,21?,22+,23+,24?,26?,27-,29?,30?/m1/s1. The van der Waals surface area contributed by atoms with Crippen LogP contribution in [0.5, 0.6) is 0 Å². The Bertz CT molecular complexity index is 913. The van der Waals surface area contributed by atoms with Crippen molar-refractivity contribution in [1.82, 2.24) is 15.2 Å². The van der Waals surface area contributed by atoms with Gasteiger partial charge in [-0.15, -0.1) is 10.2 Å². The minimum absolute atomic E-state index is 0.166. The van der Waals surface area contributed by atoms with Gasteiger partial charge in [-0.1, -0.05) is 34.1 Å². The topological polar surface area (TPSA) is 82.0 Å². The second kappa shape index (κ2) is 8.82. The van der Waals surface area contributed by atoms with Gasteiger partial charge in [-0.25, -0.2) is 0 Å². The summed E-state index contributed by atoms with van der Waals surface area (Å²) in [6.07, 6.45) is 13.6. The number of H-pyrrole nitrogens is 1. The number of fused-ring (bicyclic) bond motifs is 5. The molecule has 5 saturated carbocycles. The molecule has 1 aromatic heterocycles. The molecule has 0 spiro atoms. The van der Waals surface area contributed by atoms with Gasteiger partial charge >= 0.3 is 0 Å². The molecule has 0 saturated heterocycles. The second-order valence-corrected chi connectivity index (χ2v) is 14.1. The molecule has 6 rings (SSSR count). The fourth-order valence-electron chi connectivity index (χ4n) is 10.5. The van der Waals surface area contributed by atoms with Gasteiger partial charge in [-0.2, -0.15) is 0 Å². The van der Waals surface area contributed by atoms with Crippen molar-refractivity contribution >= 4 is 0 Å². The maximum atomic E-state index is 11.9. The van der Waals surface area contributed by atoms with Crippen LogP contribution in [-0.2, 0) is 6.42 Å². The Labute approximate surface area is 212 Å². The SMILES string of the molecule is CC[C@@H]1C2C[C@H](O)CCC2(C)[C@H]2CCC3(C)C([C@H](C)CCc4nnc(C5CC5)[nH]4)CC[C@H]3C2[C@@H]1O. The molecule has 5 heteroatoms. The van der Waals surface area contributed by atoms with Crippen LogP contribution in [-0.4, -0.2) is 37.6 Å². The minimum atomic E-state index is -0.193. The van der Waals surface area contributed by atoms with Gasteiger partial charge in [-0.3, -0.25) is 0 Å². The number of aliphatic hydroxyl groups excluding tert-OH is 2. The molecule has 196 valence electrons. The Morgan fingerprint density at radius 2 is 1.69 bits per heavy atom. The smallest absolute Gasteiger partial charge is 0.133 e. The van der Waals surface area contributed by atoms with Crippen molar-refractivity contribution < 1.29 is 10.2 Å². The largest absolute Gasteiger partial charge is 0.393 e. The molecule has 3 N–H and O–H groups in total. The van der Waals surface area contributed by atoms with Crippen LogP contribution in [0.3, 0.4) is 0 Å². The average molecular weight is 484 g/mol. The van der Waals surface area contributed by atoms with Crippen LogP contribution in [0.4, 0.5) is 0 Å². The third kappa shape index (κ3) is 3.85. The number of nitrogens with zero attached hydrogens (tertiary/aromatic N) is 2. The number of aliphatic hydroxyl groups is 2. The first-order valence-electron chi connectivity index (χ1n) is 15.0. The number of hydrogen-bond donors (Lipinski definition) is 3. The zero-order valence-corrected chi connectivity index (χ0v) is 22.5. The van der Waals surface area contributed by atoms with Crippen LogP contribution in [0.15, 0.2) is 0 Å². The van der Waals surface area contributed by atoms with Crippen molar-refractivity contribution in [1.29, 1.82) is 0 Å². The maximum Gasteiger partial charge on any atom is 0.133 e. The van der Waals surface area contributed by atoms with E-state index in [1.54, 1.807) is 0 Å². The predicted molar refractivity (Wildman–Crippen MR) is 138 cm³/mol. The van der Waals surface area contributed by atoms with E-state index in [1.807, 2.05) is 0 Å². The fourth-order valence-corrected chi connectivity index (χ4v) is 10.5. The van der Waals surface area contributed by atoms with E-state index in [0.717, 1.165) is 49.7 Å². The predicted octanol–water partition coefficient (Wildman–Crippen LogP) is 5.88. The number of nitrogens with one attached hydrogen (secondary N) is 1. The Morgan fingerprint density at radius 1 is 0.943 bits per heavy atom. The minimum Gasteiger partial charge on any atom is -0.393 e. The lowest BCUT2D eigenvalue weighted by Gasteiger charge is -2.64. The normalized spacial score (nSPS) is 48.2. The zero-order valence-electron chi connectivity index (χ0n) is 22.5. The van der Waals surface area contributed by atoms with Crippen LogP contribution in [0.2, 0.25) is 0 Å². The molecule has 0 amide bonds. The molecular weight excluding hydrogens is 434 g/mol. The zero-order chi connectivity index (χ0) is 24.5. The Balaban J connectivity index is 1.19. The van der Waals surface area contributed by atoms with Crippen LogP contribution < -0.4 is 0 Å².